The molecule has 4 rings (SSSR count). The van der Waals surface area contributed by atoms with Crippen molar-refractivity contribution in [3.8, 4) is 5.75 Å². The fraction of sp³-hybridized carbons (Fsp3) is 0.281. The molecule has 3 aromatic carbocycles. The number of ether oxygens (including phenoxy) is 2. The Balaban J connectivity index is 1.61. The first-order chi connectivity index (χ1) is 21.3. The van der Waals surface area contributed by atoms with Crippen LogP contribution in [0.5, 0.6) is 5.75 Å². The van der Waals surface area contributed by atoms with Gasteiger partial charge in [-0.15, -0.1) is 0 Å². The van der Waals surface area contributed by atoms with Gasteiger partial charge in [0.15, 0.2) is 0 Å². The molecule has 1 aromatic heterocycles. The predicted molar refractivity (Wildman–Crippen MR) is 168 cm³/mol. The zero-order chi connectivity index (χ0) is 31.3. The molecular formula is C32H37N7O5. The summed E-state index contributed by atoms with van der Waals surface area (Å²) in [6, 6.07) is 25.6. The maximum absolute atomic E-state index is 12.3. The van der Waals surface area contributed by atoms with Crippen LogP contribution < -0.4 is 20.3 Å². The van der Waals surface area contributed by atoms with Gasteiger partial charge in [0, 0.05) is 47.3 Å². The van der Waals surface area contributed by atoms with E-state index in [1.54, 1.807) is 45.5 Å². The van der Waals surface area contributed by atoms with E-state index in [9.17, 15) is 14.7 Å². The fourth-order valence-corrected chi connectivity index (χ4v) is 4.20. The number of anilines is 3. The molecule has 0 fully saturated rings. The second kappa shape index (κ2) is 15.8. The predicted octanol–water partition coefficient (Wildman–Crippen LogP) is 4.30. The molecule has 3 N–H and O–H groups in total. The van der Waals surface area contributed by atoms with Crippen LogP contribution in [0.2, 0.25) is 0 Å². The van der Waals surface area contributed by atoms with Crippen molar-refractivity contribution in [3.05, 3.63) is 102 Å². The summed E-state index contributed by atoms with van der Waals surface area (Å²) >= 11 is 0. The van der Waals surface area contributed by atoms with Gasteiger partial charge in [0.1, 0.15) is 11.8 Å². The summed E-state index contributed by atoms with van der Waals surface area (Å²) in [5, 5.41) is 16.2. The minimum absolute atomic E-state index is 0.116. The molecule has 4 aromatic rings. The Morgan fingerprint density at radius 3 is 1.95 bits per heavy atom. The Hall–Kier alpha value is -5.23. The zero-order valence-electron chi connectivity index (χ0n) is 25.0. The number of amides is 1. The molecule has 0 unspecified atom stereocenters. The number of rotatable bonds is 15. The van der Waals surface area contributed by atoms with Gasteiger partial charge >= 0.3 is 12.1 Å². The van der Waals surface area contributed by atoms with Crippen molar-refractivity contribution in [2.24, 2.45) is 0 Å². The van der Waals surface area contributed by atoms with Gasteiger partial charge in [-0.05, 0) is 28.8 Å². The van der Waals surface area contributed by atoms with Crippen molar-refractivity contribution >= 4 is 29.9 Å². The van der Waals surface area contributed by atoms with E-state index in [2.05, 4.69) is 25.6 Å². The lowest BCUT2D eigenvalue weighted by atomic mass is 10.1. The topological polar surface area (TPSA) is 142 Å². The number of carboxylic acids is 1. The Morgan fingerprint density at radius 1 is 0.818 bits per heavy atom. The van der Waals surface area contributed by atoms with E-state index in [0.717, 1.165) is 16.7 Å². The van der Waals surface area contributed by atoms with Gasteiger partial charge < -0.3 is 35.0 Å². The van der Waals surface area contributed by atoms with Crippen LogP contribution in [-0.4, -0.2) is 77.4 Å². The standard InChI is InChI=1S/C32H37N7O5/c1-38(2)32(42)44-26-16-14-23(15-17-26)20-27(28(40)41)34-30-35-29(33-18-19-43-3)36-31(37-30)39(21-24-10-6-4-7-11-24)22-25-12-8-5-9-13-25/h4-17,27H,18-22H2,1-3H3,(H,40,41)(H2,33,34,35,36,37)/t27-/m0/s1. The van der Waals surface area contributed by atoms with Crippen LogP contribution in [0.4, 0.5) is 22.6 Å². The average molecular weight is 600 g/mol. The van der Waals surface area contributed by atoms with E-state index in [1.165, 1.54) is 4.90 Å². The lowest BCUT2D eigenvalue weighted by Crippen LogP contribution is -2.33. The third-order valence-electron chi connectivity index (χ3n) is 6.46. The van der Waals surface area contributed by atoms with Crippen molar-refractivity contribution in [3.63, 3.8) is 0 Å². The molecule has 1 atom stereocenters. The number of carboxylic acid groups (broad SMARTS) is 1. The third-order valence-corrected chi connectivity index (χ3v) is 6.46. The van der Waals surface area contributed by atoms with E-state index >= 15 is 0 Å². The van der Waals surface area contributed by atoms with Crippen LogP contribution in [0.3, 0.4) is 0 Å². The van der Waals surface area contributed by atoms with Gasteiger partial charge in [0.25, 0.3) is 0 Å². The number of nitrogens with one attached hydrogen (secondary N) is 2. The monoisotopic (exact) mass is 599 g/mol. The van der Waals surface area contributed by atoms with Crippen LogP contribution >= 0.6 is 0 Å². The van der Waals surface area contributed by atoms with E-state index in [4.69, 9.17) is 9.47 Å². The normalized spacial score (nSPS) is 11.3. The summed E-state index contributed by atoms with van der Waals surface area (Å²) in [5.74, 6) is 0.0701. The molecule has 0 saturated carbocycles. The number of aliphatic carboxylic acids is 1. The molecule has 0 spiro atoms. The highest BCUT2D eigenvalue weighted by atomic mass is 16.6. The summed E-state index contributed by atoms with van der Waals surface area (Å²) in [6.45, 7) is 1.91. The largest absolute Gasteiger partial charge is 0.480 e. The fourth-order valence-electron chi connectivity index (χ4n) is 4.20. The molecule has 0 aliphatic carbocycles. The van der Waals surface area contributed by atoms with Crippen molar-refractivity contribution in [2.45, 2.75) is 25.6 Å². The van der Waals surface area contributed by atoms with Crippen molar-refractivity contribution in [2.75, 3.05) is 49.9 Å². The van der Waals surface area contributed by atoms with Crippen molar-refractivity contribution < 1.29 is 24.2 Å². The first-order valence-electron chi connectivity index (χ1n) is 14.1. The highest BCUT2D eigenvalue weighted by molar-refractivity contribution is 5.77. The Labute approximate surface area is 256 Å². The number of benzene rings is 3. The average Bonchev–Trinajstić information content (AvgIpc) is 3.02. The zero-order valence-corrected chi connectivity index (χ0v) is 25.0. The number of aromatic nitrogens is 3. The van der Waals surface area contributed by atoms with Gasteiger partial charge in [-0.1, -0.05) is 72.8 Å². The van der Waals surface area contributed by atoms with Crippen molar-refractivity contribution in [1.82, 2.24) is 19.9 Å². The molecule has 0 saturated heterocycles. The van der Waals surface area contributed by atoms with Gasteiger partial charge in [0.05, 0.1) is 6.61 Å². The minimum Gasteiger partial charge on any atom is -0.480 e. The van der Waals surface area contributed by atoms with Gasteiger partial charge in [-0.3, -0.25) is 0 Å². The molecule has 1 amide bonds. The van der Waals surface area contributed by atoms with Gasteiger partial charge in [0.2, 0.25) is 17.8 Å². The van der Waals surface area contributed by atoms with Gasteiger partial charge in [-0.25, -0.2) is 9.59 Å². The number of carbonyl (C=O) groups is 2. The Kier molecular flexibility index (Phi) is 11.4. The number of hydrogen-bond donors (Lipinski definition) is 3. The third kappa shape index (κ3) is 9.66. The molecule has 12 heteroatoms. The molecule has 44 heavy (non-hydrogen) atoms. The molecule has 12 nitrogen and oxygen atoms in total. The van der Waals surface area contributed by atoms with E-state index < -0.39 is 18.1 Å². The second-order valence-corrected chi connectivity index (χ2v) is 10.2. The molecule has 1 heterocycles. The first-order valence-corrected chi connectivity index (χ1v) is 14.1. The highest BCUT2D eigenvalue weighted by Crippen LogP contribution is 2.21. The first kappa shape index (κ1) is 31.7. The minimum atomic E-state index is -1.07. The summed E-state index contributed by atoms with van der Waals surface area (Å²) < 4.78 is 10.4. The number of carbonyl (C=O) groups excluding carboxylic acids is 1. The lowest BCUT2D eigenvalue weighted by molar-refractivity contribution is -0.137. The van der Waals surface area contributed by atoms with E-state index in [-0.39, 0.29) is 18.3 Å². The lowest BCUT2D eigenvalue weighted by Gasteiger charge is -2.24. The van der Waals surface area contributed by atoms with Gasteiger partial charge in [-0.2, -0.15) is 15.0 Å². The number of hydrogen-bond acceptors (Lipinski definition) is 10. The molecule has 0 aliphatic rings. The molecular weight excluding hydrogens is 562 g/mol. The smallest absolute Gasteiger partial charge is 0.414 e. The maximum atomic E-state index is 12.3. The maximum Gasteiger partial charge on any atom is 0.414 e. The summed E-state index contributed by atoms with van der Waals surface area (Å²) in [7, 11) is 4.78. The second-order valence-electron chi connectivity index (χ2n) is 10.2. The number of nitrogens with zero attached hydrogens (tertiary/aromatic N) is 5. The Bertz CT molecular complexity index is 1450. The molecule has 230 valence electrons. The van der Waals surface area contributed by atoms with E-state index in [0.29, 0.717) is 37.9 Å². The summed E-state index contributed by atoms with van der Waals surface area (Å²) in [4.78, 5) is 41.4. The quantitative estimate of drug-likeness (QED) is 0.168. The highest BCUT2D eigenvalue weighted by Gasteiger charge is 2.22. The molecule has 0 aliphatic heterocycles. The SMILES string of the molecule is COCCNc1nc(N[C@@H](Cc2ccc(OC(=O)N(C)C)cc2)C(=O)O)nc(N(Cc2ccccc2)Cc2ccccc2)n1. The Morgan fingerprint density at radius 2 is 1.41 bits per heavy atom. The van der Waals surface area contributed by atoms with Crippen LogP contribution in [-0.2, 0) is 29.0 Å². The van der Waals surface area contributed by atoms with Crippen LogP contribution in [0.15, 0.2) is 84.9 Å². The number of methoxy groups -OCH3 is 1. The van der Waals surface area contributed by atoms with Crippen molar-refractivity contribution in [1.29, 1.82) is 0 Å². The van der Waals surface area contributed by atoms with Crippen LogP contribution in [0.1, 0.15) is 16.7 Å². The molecule has 0 bridgehead atoms. The van der Waals surface area contributed by atoms with E-state index in [1.807, 2.05) is 65.6 Å². The van der Waals surface area contributed by atoms with Crippen LogP contribution in [0, 0.1) is 0 Å². The summed E-state index contributed by atoms with van der Waals surface area (Å²) in [5.41, 5.74) is 2.85. The summed E-state index contributed by atoms with van der Waals surface area (Å²) in [6.07, 6.45) is -0.375. The molecule has 0 radical (unpaired) electrons. The van der Waals surface area contributed by atoms with Crippen LogP contribution in [0.25, 0.3) is 0 Å².